The van der Waals surface area contributed by atoms with Crippen LogP contribution in [-0.2, 0) is 0 Å². The van der Waals surface area contributed by atoms with Gasteiger partial charge in [0.1, 0.15) is 5.75 Å². The molecule has 0 spiro atoms. The third-order valence-corrected chi connectivity index (χ3v) is 1.37. The number of nitrogens with zero attached hydrogens (tertiary/aromatic N) is 2. The van der Waals surface area contributed by atoms with E-state index in [4.69, 9.17) is 0 Å². The topological polar surface area (TPSA) is 95.5 Å². The SMILES string of the molecule is O=[N+]([O-])COc1cccc([N+](=O)[O-])c1. The van der Waals surface area contributed by atoms with E-state index < -0.39 is 16.6 Å². The quantitative estimate of drug-likeness (QED) is 0.411. The van der Waals surface area contributed by atoms with Crippen LogP contribution in [0.25, 0.3) is 0 Å². The van der Waals surface area contributed by atoms with Gasteiger partial charge in [0.2, 0.25) is 0 Å². The van der Waals surface area contributed by atoms with E-state index in [0.717, 1.165) is 6.07 Å². The van der Waals surface area contributed by atoms with Crippen LogP contribution < -0.4 is 4.74 Å². The Morgan fingerprint density at radius 3 is 2.57 bits per heavy atom. The van der Waals surface area contributed by atoms with Gasteiger partial charge < -0.3 is 4.74 Å². The summed E-state index contributed by atoms with van der Waals surface area (Å²) in [7, 11) is 0. The van der Waals surface area contributed by atoms with Gasteiger partial charge in [0.25, 0.3) is 5.69 Å². The number of nitro benzene ring substituents is 1. The summed E-state index contributed by atoms with van der Waals surface area (Å²) in [6.07, 6.45) is 0. The van der Waals surface area contributed by atoms with Gasteiger partial charge in [-0.25, -0.2) is 0 Å². The fourth-order valence-electron chi connectivity index (χ4n) is 0.814. The third kappa shape index (κ3) is 2.70. The molecule has 0 amide bonds. The number of non-ortho nitro benzene ring substituents is 1. The summed E-state index contributed by atoms with van der Waals surface area (Å²) in [5.41, 5.74) is -0.161. The summed E-state index contributed by atoms with van der Waals surface area (Å²) >= 11 is 0. The van der Waals surface area contributed by atoms with Crippen LogP contribution in [0.5, 0.6) is 5.75 Å². The van der Waals surface area contributed by atoms with Crippen LogP contribution in [0.4, 0.5) is 5.69 Å². The van der Waals surface area contributed by atoms with E-state index >= 15 is 0 Å². The normalized spacial score (nSPS) is 9.43. The standard InChI is InChI=1S/C7H6N2O5/c10-8(11)5-14-7-3-1-2-6(4-7)9(12)13/h1-4H,5H2. The minimum Gasteiger partial charge on any atom is -0.432 e. The molecule has 0 atom stereocenters. The second-order valence-corrected chi connectivity index (χ2v) is 2.36. The number of hydrogen-bond acceptors (Lipinski definition) is 5. The Morgan fingerprint density at radius 2 is 2.00 bits per heavy atom. The first-order valence-corrected chi connectivity index (χ1v) is 3.58. The Balaban J connectivity index is 2.73. The fraction of sp³-hybridized carbons (Fsp3) is 0.143. The zero-order valence-corrected chi connectivity index (χ0v) is 6.95. The maximum atomic E-state index is 10.3. The van der Waals surface area contributed by atoms with Crippen molar-refractivity contribution >= 4 is 5.69 Å². The first-order chi connectivity index (χ1) is 6.59. The van der Waals surface area contributed by atoms with E-state index in [1.165, 1.54) is 18.2 Å². The zero-order valence-electron chi connectivity index (χ0n) is 6.95. The molecular weight excluding hydrogens is 192 g/mol. The van der Waals surface area contributed by atoms with Gasteiger partial charge in [-0.2, -0.15) is 0 Å². The molecule has 1 rings (SSSR count). The molecule has 0 aliphatic rings. The number of hydrogen-bond donors (Lipinski definition) is 0. The van der Waals surface area contributed by atoms with Gasteiger partial charge in [0.05, 0.1) is 15.9 Å². The maximum Gasteiger partial charge on any atom is 0.344 e. The molecule has 0 bridgehead atoms. The molecule has 0 saturated heterocycles. The monoisotopic (exact) mass is 198 g/mol. The predicted octanol–water partition coefficient (Wildman–Crippen LogP) is 1.21. The van der Waals surface area contributed by atoms with Crippen LogP contribution in [0.3, 0.4) is 0 Å². The maximum absolute atomic E-state index is 10.3. The van der Waals surface area contributed by atoms with Crippen molar-refractivity contribution in [1.29, 1.82) is 0 Å². The van der Waals surface area contributed by atoms with Crippen LogP contribution in [0, 0.1) is 20.2 Å². The summed E-state index contributed by atoms with van der Waals surface area (Å²) in [4.78, 5) is 19.0. The highest BCUT2D eigenvalue weighted by atomic mass is 16.7. The Hall–Kier alpha value is -2.18. The van der Waals surface area contributed by atoms with Gasteiger partial charge in [-0.15, -0.1) is 0 Å². The third-order valence-electron chi connectivity index (χ3n) is 1.37. The van der Waals surface area contributed by atoms with Crippen molar-refractivity contribution in [3.05, 3.63) is 44.5 Å². The molecule has 1 aromatic rings. The first kappa shape index (κ1) is 9.90. The van der Waals surface area contributed by atoms with E-state index in [9.17, 15) is 20.2 Å². The van der Waals surface area contributed by atoms with Crippen molar-refractivity contribution in [2.24, 2.45) is 0 Å². The van der Waals surface area contributed by atoms with Crippen LogP contribution in [0.2, 0.25) is 0 Å². The van der Waals surface area contributed by atoms with Crippen molar-refractivity contribution in [2.75, 3.05) is 6.73 Å². The molecule has 0 aliphatic heterocycles. The minimum atomic E-state index is -0.707. The van der Waals surface area contributed by atoms with Crippen molar-refractivity contribution in [3.8, 4) is 5.75 Å². The summed E-state index contributed by atoms with van der Waals surface area (Å²) < 4.78 is 4.65. The Kier molecular flexibility index (Phi) is 2.95. The van der Waals surface area contributed by atoms with Crippen LogP contribution in [0.1, 0.15) is 0 Å². The number of rotatable bonds is 4. The molecule has 0 aliphatic carbocycles. The lowest BCUT2D eigenvalue weighted by Crippen LogP contribution is -2.08. The van der Waals surface area contributed by atoms with Crippen molar-refractivity contribution < 1.29 is 14.6 Å². The molecule has 74 valence electrons. The summed E-state index contributed by atoms with van der Waals surface area (Å²) in [5, 5.41) is 20.2. The largest absolute Gasteiger partial charge is 0.432 e. The predicted molar refractivity (Wildman–Crippen MR) is 45.6 cm³/mol. The van der Waals surface area contributed by atoms with Crippen molar-refractivity contribution in [1.82, 2.24) is 0 Å². The number of nitro groups is 2. The molecular formula is C7H6N2O5. The van der Waals surface area contributed by atoms with Crippen LogP contribution in [-0.4, -0.2) is 16.6 Å². The second-order valence-electron chi connectivity index (χ2n) is 2.36. The second kappa shape index (κ2) is 4.17. The van der Waals surface area contributed by atoms with Crippen LogP contribution in [0.15, 0.2) is 24.3 Å². The number of benzene rings is 1. The number of ether oxygens (including phenoxy) is 1. The summed E-state index contributed by atoms with van der Waals surface area (Å²) in [6.45, 7) is -0.707. The average molecular weight is 198 g/mol. The van der Waals surface area contributed by atoms with Gasteiger partial charge >= 0.3 is 6.73 Å². The van der Waals surface area contributed by atoms with Crippen molar-refractivity contribution in [3.63, 3.8) is 0 Å². The molecule has 0 saturated carbocycles. The lowest BCUT2D eigenvalue weighted by molar-refractivity contribution is -0.514. The minimum absolute atomic E-state index is 0.107. The van der Waals surface area contributed by atoms with Gasteiger partial charge in [0, 0.05) is 6.07 Å². The Morgan fingerprint density at radius 1 is 1.29 bits per heavy atom. The molecule has 1 aromatic carbocycles. The molecule has 7 nitrogen and oxygen atoms in total. The molecule has 0 radical (unpaired) electrons. The highest BCUT2D eigenvalue weighted by molar-refractivity contribution is 5.37. The van der Waals surface area contributed by atoms with E-state index in [2.05, 4.69) is 4.74 Å². The molecule has 0 fully saturated rings. The molecule has 0 heterocycles. The fourth-order valence-corrected chi connectivity index (χ4v) is 0.814. The van der Waals surface area contributed by atoms with Crippen LogP contribution >= 0.6 is 0 Å². The molecule has 0 aromatic heterocycles. The Bertz CT molecular complexity index is 365. The van der Waals surface area contributed by atoms with Crippen molar-refractivity contribution in [2.45, 2.75) is 0 Å². The highest BCUT2D eigenvalue weighted by Gasteiger charge is 2.07. The average Bonchev–Trinajstić information content (AvgIpc) is 2.15. The van der Waals surface area contributed by atoms with E-state index in [1.807, 2.05) is 0 Å². The molecule has 0 unspecified atom stereocenters. The smallest absolute Gasteiger partial charge is 0.344 e. The van der Waals surface area contributed by atoms with Gasteiger partial charge in [-0.3, -0.25) is 20.2 Å². The lowest BCUT2D eigenvalue weighted by Gasteiger charge is -1.99. The highest BCUT2D eigenvalue weighted by Crippen LogP contribution is 2.18. The molecule has 7 heteroatoms. The first-order valence-electron chi connectivity index (χ1n) is 3.58. The summed E-state index contributed by atoms with van der Waals surface area (Å²) in [6, 6.07) is 5.21. The van der Waals surface area contributed by atoms with Gasteiger partial charge in [-0.05, 0) is 6.07 Å². The van der Waals surface area contributed by atoms with E-state index in [1.54, 1.807) is 0 Å². The van der Waals surface area contributed by atoms with E-state index in [-0.39, 0.29) is 11.4 Å². The molecule has 0 N–H and O–H groups in total. The zero-order chi connectivity index (χ0) is 10.6. The summed E-state index contributed by atoms with van der Waals surface area (Å²) in [5.74, 6) is 0.107. The molecule has 14 heavy (non-hydrogen) atoms. The lowest BCUT2D eigenvalue weighted by atomic mass is 10.3. The van der Waals surface area contributed by atoms with Gasteiger partial charge in [0.15, 0.2) is 0 Å². The van der Waals surface area contributed by atoms with Gasteiger partial charge in [-0.1, -0.05) is 6.07 Å². The van der Waals surface area contributed by atoms with E-state index in [0.29, 0.717) is 0 Å². The Labute approximate surface area is 78.2 Å².